The Labute approximate surface area is 228 Å². The first-order chi connectivity index (χ1) is 17.0. The summed E-state index contributed by atoms with van der Waals surface area (Å²) in [6.07, 6.45) is 4.00. The largest absolute Gasteiger partial charge is 0.407 e. The summed E-state index contributed by atoms with van der Waals surface area (Å²) in [5, 5.41) is 14.4. The first-order valence-electron chi connectivity index (χ1n) is 13.3. The van der Waals surface area contributed by atoms with E-state index in [1.54, 1.807) is 7.11 Å². The van der Waals surface area contributed by atoms with Gasteiger partial charge in [0.05, 0.1) is 17.0 Å². The molecule has 6 heteroatoms. The monoisotopic (exact) mass is 576 g/mol. The van der Waals surface area contributed by atoms with Crippen LogP contribution in [-0.4, -0.2) is 50.0 Å². The van der Waals surface area contributed by atoms with E-state index in [0.29, 0.717) is 24.3 Å². The van der Waals surface area contributed by atoms with Gasteiger partial charge < -0.3 is 19.0 Å². The van der Waals surface area contributed by atoms with Crippen LogP contribution in [0.5, 0.6) is 0 Å². The van der Waals surface area contributed by atoms with Crippen LogP contribution in [-0.2, 0) is 13.9 Å². The third-order valence-electron chi connectivity index (χ3n) is 7.79. The van der Waals surface area contributed by atoms with Crippen molar-refractivity contribution in [1.82, 2.24) is 0 Å². The topological polar surface area (TPSA) is 47.9 Å². The van der Waals surface area contributed by atoms with E-state index in [2.05, 4.69) is 104 Å². The average Bonchev–Trinajstić information content (AvgIpc) is 3.31. The van der Waals surface area contributed by atoms with Gasteiger partial charge in [0.25, 0.3) is 8.32 Å². The molecule has 1 saturated heterocycles. The molecule has 1 heterocycles. The van der Waals surface area contributed by atoms with Crippen LogP contribution in [0.2, 0.25) is 5.04 Å². The molecule has 0 aliphatic carbocycles. The van der Waals surface area contributed by atoms with Crippen molar-refractivity contribution in [3.8, 4) is 0 Å². The van der Waals surface area contributed by atoms with Gasteiger partial charge in [0.2, 0.25) is 0 Å². The third kappa shape index (κ3) is 6.51. The Morgan fingerprint density at radius 3 is 2.06 bits per heavy atom. The van der Waals surface area contributed by atoms with E-state index < -0.39 is 19.7 Å². The number of benzene rings is 2. The molecule has 2 aromatic rings. The number of hydrogen-bond acceptors (Lipinski definition) is 4. The standard InChI is InChI=1S/C30H45BrO4Si/c1-24(14-13-20-29(5,32)27-19-21-30(23-31,33-6)35-27)22-34-36(28(2,3)4,25-15-9-7-10-16-25)26-17-11-8-12-18-26/h7-12,15-18,24,27,32H,13-14,19-23H2,1-6H3. The Bertz CT molecular complexity index is 885. The van der Waals surface area contributed by atoms with Gasteiger partial charge in [0, 0.05) is 20.1 Å². The fourth-order valence-corrected chi connectivity index (χ4v) is 10.9. The van der Waals surface area contributed by atoms with E-state index in [4.69, 9.17) is 13.9 Å². The molecule has 0 spiro atoms. The number of halogens is 1. The van der Waals surface area contributed by atoms with Crippen molar-refractivity contribution >= 4 is 34.6 Å². The molecular formula is C30H45BrO4Si. The lowest BCUT2D eigenvalue weighted by Crippen LogP contribution is -2.66. The zero-order chi connectivity index (χ0) is 26.5. The second-order valence-corrected chi connectivity index (χ2v) is 16.6. The third-order valence-corrected chi connectivity index (χ3v) is 13.7. The molecular weight excluding hydrogens is 532 g/mol. The molecule has 1 aliphatic heterocycles. The second kappa shape index (κ2) is 12.2. The van der Waals surface area contributed by atoms with Gasteiger partial charge in [-0.2, -0.15) is 0 Å². The Morgan fingerprint density at radius 2 is 1.61 bits per heavy atom. The zero-order valence-electron chi connectivity index (χ0n) is 22.9. The van der Waals surface area contributed by atoms with Gasteiger partial charge >= 0.3 is 0 Å². The van der Waals surface area contributed by atoms with Gasteiger partial charge in [-0.15, -0.1) is 0 Å². The van der Waals surface area contributed by atoms with Crippen molar-refractivity contribution < 1.29 is 19.0 Å². The predicted octanol–water partition coefficient (Wildman–Crippen LogP) is 6.04. The van der Waals surface area contributed by atoms with Gasteiger partial charge in [-0.25, -0.2) is 0 Å². The first-order valence-corrected chi connectivity index (χ1v) is 16.3. The average molecular weight is 578 g/mol. The van der Waals surface area contributed by atoms with Crippen LogP contribution in [0.4, 0.5) is 0 Å². The summed E-state index contributed by atoms with van der Waals surface area (Å²) in [6.45, 7) is 11.8. The van der Waals surface area contributed by atoms with Gasteiger partial charge in [-0.3, -0.25) is 0 Å². The minimum absolute atomic E-state index is 0.0256. The number of aliphatic hydroxyl groups is 1. The molecule has 3 rings (SSSR count). The van der Waals surface area contributed by atoms with Crippen LogP contribution >= 0.6 is 15.9 Å². The molecule has 0 bridgehead atoms. The molecule has 1 aliphatic rings. The lowest BCUT2D eigenvalue weighted by atomic mass is 9.89. The molecule has 36 heavy (non-hydrogen) atoms. The highest BCUT2D eigenvalue weighted by atomic mass is 79.9. The lowest BCUT2D eigenvalue weighted by Gasteiger charge is -2.43. The van der Waals surface area contributed by atoms with E-state index in [-0.39, 0.29) is 11.1 Å². The fraction of sp³-hybridized carbons (Fsp3) is 0.600. The Morgan fingerprint density at radius 1 is 1.06 bits per heavy atom. The number of hydrogen-bond donors (Lipinski definition) is 1. The van der Waals surface area contributed by atoms with Crippen molar-refractivity contribution in [2.75, 3.05) is 19.0 Å². The van der Waals surface area contributed by atoms with Gasteiger partial charge in [-0.1, -0.05) is 111 Å². The van der Waals surface area contributed by atoms with E-state index >= 15 is 0 Å². The summed E-state index contributed by atoms with van der Waals surface area (Å²) in [6, 6.07) is 21.6. The van der Waals surface area contributed by atoms with Gasteiger partial charge in [-0.05, 0) is 47.5 Å². The highest BCUT2D eigenvalue weighted by Crippen LogP contribution is 2.40. The number of alkyl halides is 1. The molecule has 1 N–H and O–H groups in total. The van der Waals surface area contributed by atoms with Crippen molar-refractivity contribution in [2.24, 2.45) is 5.92 Å². The Balaban J connectivity index is 1.66. The molecule has 1 fully saturated rings. The molecule has 4 nitrogen and oxygen atoms in total. The van der Waals surface area contributed by atoms with Crippen LogP contribution in [0, 0.1) is 5.92 Å². The van der Waals surface area contributed by atoms with Crippen molar-refractivity contribution in [2.45, 2.75) is 89.3 Å². The predicted molar refractivity (Wildman–Crippen MR) is 155 cm³/mol. The van der Waals surface area contributed by atoms with Crippen LogP contribution in [0.3, 0.4) is 0 Å². The minimum atomic E-state index is -2.52. The highest BCUT2D eigenvalue weighted by Gasteiger charge is 2.50. The smallest absolute Gasteiger partial charge is 0.261 e. The minimum Gasteiger partial charge on any atom is -0.407 e. The summed E-state index contributed by atoms with van der Waals surface area (Å²) in [5.41, 5.74) is -0.874. The van der Waals surface area contributed by atoms with E-state index in [1.807, 2.05) is 6.92 Å². The van der Waals surface area contributed by atoms with Crippen LogP contribution in [0.25, 0.3) is 0 Å². The van der Waals surface area contributed by atoms with E-state index in [9.17, 15) is 5.11 Å². The quantitative estimate of drug-likeness (QED) is 0.247. The molecule has 4 unspecified atom stereocenters. The maximum atomic E-state index is 11.2. The van der Waals surface area contributed by atoms with Crippen molar-refractivity contribution in [3.05, 3.63) is 60.7 Å². The van der Waals surface area contributed by atoms with E-state index in [1.165, 1.54) is 10.4 Å². The maximum absolute atomic E-state index is 11.2. The summed E-state index contributed by atoms with van der Waals surface area (Å²) in [4.78, 5) is 0. The number of ether oxygens (including phenoxy) is 2. The maximum Gasteiger partial charge on any atom is 0.261 e. The summed E-state index contributed by atoms with van der Waals surface area (Å²) >= 11 is 3.50. The SMILES string of the molecule is COC1(CBr)CCC(C(C)(O)CCCC(C)CO[Si](c2ccccc2)(c2ccccc2)C(C)(C)C)O1. The Hall–Kier alpha value is -1.02. The van der Waals surface area contributed by atoms with Crippen LogP contribution in [0.1, 0.15) is 66.7 Å². The van der Waals surface area contributed by atoms with Crippen molar-refractivity contribution in [3.63, 3.8) is 0 Å². The molecule has 0 saturated carbocycles. The molecule has 4 atom stereocenters. The molecule has 200 valence electrons. The Kier molecular flexibility index (Phi) is 10.0. The second-order valence-electron chi connectivity index (χ2n) is 11.7. The highest BCUT2D eigenvalue weighted by molar-refractivity contribution is 9.09. The molecule has 0 radical (unpaired) electrons. The summed E-state index contributed by atoms with van der Waals surface area (Å²) in [5.74, 6) is -0.237. The lowest BCUT2D eigenvalue weighted by molar-refractivity contribution is -0.224. The fourth-order valence-electron chi connectivity index (χ4n) is 5.55. The molecule has 2 aromatic carbocycles. The van der Waals surface area contributed by atoms with Crippen LogP contribution < -0.4 is 10.4 Å². The summed E-state index contributed by atoms with van der Waals surface area (Å²) < 4.78 is 18.8. The molecule has 0 amide bonds. The first kappa shape index (κ1) is 29.5. The summed E-state index contributed by atoms with van der Waals surface area (Å²) in [7, 11) is -0.849. The molecule has 0 aromatic heterocycles. The van der Waals surface area contributed by atoms with Crippen molar-refractivity contribution in [1.29, 1.82) is 0 Å². The van der Waals surface area contributed by atoms with Crippen LogP contribution in [0.15, 0.2) is 60.7 Å². The van der Waals surface area contributed by atoms with Gasteiger partial charge in [0.15, 0.2) is 5.79 Å². The van der Waals surface area contributed by atoms with Gasteiger partial charge in [0.1, 0.15) is 0 Å². The number of methoxy groups -OCH3 is 1. The normalized spacial score (nSPS) is 23.4. The van der Waals surface area contributed by atoms with E-state index in [0.717, 1.165) is 25.7 Å². The number of rotatable bonds is 12. The zero-order valence-corrected chi connectivity index (χ0v) is 25.5.